The van der Waals surface area contributed by atoms with Gasteiger partial charge in [0, 0.05) is 33.8 Å². The van der Waals surface area contributed by atoms with E-state index in [2.05, 4.69) is 10.2 Å². The Labute approximate surface area is 169 Å². The number of nitrogens with one attached hydrogen (secondary N) is 1. The van der Waals surface area contributed by atoms with Gasteiger partial charge in [0.25, 0.3) is 0 Å². The van der Waals surface area contributed by atoms with E-state index >= 15 is 0 Å². The van der Waals surface area contributed by atoms with Crippen molar-refractivity contribution < 1.29 is 4.79 Å². The fraction of sp³-hybridized carbons (Fsp3) is 0.350. The molecule has 3 rings (SSSR count). The minimum absolute atomic E-state index is 0.0438. The summed E-state index contributed by atoms with van der Waals surface area (Å²) < 4.78 is 0. The summed E-state index contributed by atoms with van der Waals surface area (Å²) in [5.41, 5.74) is 2.70. The molecule has 138 valence electrons. The molecule has 0 radical (unpaired) electrons. The first-order valence-electron chi connectivity index (χ1n) is 8.66. The van der Waals surface area contributed by atoms with Crippen LogP contribution in [0.5, 0.6) is 0 Å². The van der Waals surface area contributed by atoms with E-state index in [9.17, 15) is 4.79 Å². The highest BCUT2D eigenvalue weighted by Crippen LogP contribution is 2.27. The van der Waals surface area contributed by atoms with Gasteiger partial charge < -0.3 is 5.32 Å². The Morgan fingerprint density at radius 3 is 2.77 bits per heavy atom. The lowest BCUT2D eigenvalue weighted by Gasteiger charge is -2.32. The van der Waals surface area contributed by atoms with Crippen molar-refractivity contribution in [2.75, 3.05) is 18.4 Å². The van der Waals surface area contributed by atoms with Gasteiger partial charge in [0.2, 0.25) is 5.91 Å². The molecule has 0 aliphatic carbocycles. The lowest BCUT2D eigenvalue weighted by Crippen LogP contribution is -2.40. The molecule has 1 atom stereocenters. The molecule has 26 heavy (non-hydrogen) atoms. The van der Waals surface area contributed by atoms with Gasteiger partial charge in [-0.15, -0.1) is 0 Å². The van der Waals surface area contributed by atoms with Crippen LogP contribution in [-0.4, -0.2) is 23.9 Å². The van der Waals surface area contributed by atoms with Crippen molar-refractivity contribution >= 4 is 46.4 Å². The molecule has 1 amide bonds. The second kappa shape index (κ2) is 8.62. The van der Waals surface area contributed by atoms with E-state index in [1.54, 1.807) is 6.07 Å². The second-order valence-electron chi connectivity index (χ2n) is 6.71. The second-order valence-corrected chi connectivity index (χ2v) is 7.96. The highest BCUT2D eigenvalue weighted by atomic mass is 35.5. The quantitative estimate of drug-likeness (QED) is 0.689. The Kier molecular flexibility index (Phi) is 6.46. The summed E-state index contributed by atoms with van der Waals surface area (Å²) >= 11 is 18.4. The standard InChI is InChI=1S/C20H21Cl3N2O/c1-13-17(22)5-2-6-19(13)24-20(26)15-4-3-9-25(12-15)11-14-7-8-16(21)10-18(14)23/h2,5-8,10,15H,3-4,9,11-12H2,1H3,(H,24,26)/t15-/m0/s1. The molecule has 0 aromatic heterocycles. The average molecular weight is 412 g/mol. The molecule has 0 unspecified atom stereocenters. The molecule has 2 aromatic carbocycles. The van der Waals surface area contributed by atoms with Crippen molar-refractivity contribution in [3.8, 4) is 0 Å². The third-order valence-electron chi connectivity index (χ3n) is 4.81. The highest BCUT2D eigenvalue weighted by molar-refractivity contribution is 6.35. The van der Waals surface area contributed by atoms with E-state index < -0.39 is 0 Å². The molecular formula is C20H21Cl3N2O. The molecule has 0 bridgehead atoms. The molecule has 2 aromatic rings. The van der Waals surface area contributed by atoms with Crippen LogP contribution >= 0.6 is 34.8 Å². The first-order valence-corrected chi connectivity index (χ1v) is 9.79. The minimum atomic E-state index is -0.0480. The number of carbonyl (C=O) groups excluding carboxylic acids is 1. The van der Waals surface area contributed by atoms with Gasteiger partial charge in [0.1, 0.15) is 0 Å². The minimum Gasteiger partial charge on any atom is -0.326 e. The SMILES string of the molecule is Cc1c(Cl)cccc1NC(=O)[C@H]1CCCN(Cc2ccc(Cl)cc2Cl)C1. The zero-order valence-corrected chi connectivity index (χ0v) is 16.8. The molecule has 1 N–H and O–H groups in total. The summed E-state index contributed by atoms with van der Waals surface area (Å²) in [5.74, 6) is -0.00419. The molecule has 3 nitrogen and oxygen atoms in total. The maximum absolute atomic E-state index is 12.7. The van der Waals surface area contributed by atoms with Crippen LogP contribution < -0.4 is 5.32 Å². The number of carbonyl (C=O) groups is 1. The number of amides is 1. The van der Waals surface area contributed by atoms with Crippen LogP contribution in [0.15, 0.2) is 36.4 Å². The summed E-state index contributed by atoms with van der Waals surface area (Å²) in [5, 5.41) is 4.98. The summed E-state index contributed by atoms with van der Waals surface area (Å²) in [6.07, 6.45) is 1.87. The predicted molar refractivity (Wildman–Crippen MR) is 109 cm³/mol. The van der Waals surface area contributed by atoms with E-state index in [0.717, 1.165) is 42.7 Å². The molecule has 0 spiro atoms. The number of hydrogen-bond acceptors (Lipinski definition) is 2. The zero-order chi connectivity index (χ0) is 18.7. The first kappa shape index (κ1) is 19.5. The third-order valence-corrected chi connectivity index (χ3v) is 5.81. The van der Waals surface area contributed by atoms with Gasteiger partial charge in [-0.1, -0.05) is 46.9 Å². The number of hydrogen-bond donors (Lipinski definition) is 1. The zero-order valence-electron chi connectivity index (χ0n) is 14.6. The van der Waals surface area contributed by atoms with Crippen LogP contribution in [-0.2, 0) is 11.3 Å². The molecule has 1 heterocycles. The number of anilines is 1. The van der Waals surface area contributed by atoms with E-state index in [-0.39, 0.29) is 11.8 Å². The maximum Gasteiger partial charge on any atom is 0.228 e. The Balaban J connectivity index is 1.64. The van der Waals surface area contributed by atoms with E-state index in [4.69, 9.17) is 34.8 Å². The fourth-order valence-corrected chi connectivity index (χ4v) is 3.92. The summed E-state index contributed by atoms with van der Waals surface area (Å²) in [4.78, 5) is 15.0. The van der Waals surface area contributed by atoms with Crippen LogP contribution in [0, 0.1) is 12.8 Å². The largest absolute Gasteiger partial charge is 0.326 e. The number of halogens is 3. The van der Waals surface area contributed by atoms with Crippen molar-refractivity contribution in [1.82, 2.24) is 4.90 Å². The molecule has 1 aliphatic rings. The number of rotatable bonds is 4. The van der Waals surface area contributed by atoms with Gasteiger partial charge in [0.05, 0.1) is 5.92 Å². The van der Waals surface area contributed by atoms with Crippen molar-refractivity contribution in [3.63, 3.8) is 0 Å². The lowest BCUT2D eigenvalue weighted by atomic mass is 9.96. The number of benzene rings is 2. The van der Waals surface area contributed by atoms with Crippen LogP contribution in [0.4, 0.5) is 5.69 Å². The summed E-state index contributed by atoms with van der Waals surface area (Å²) in [6, 6.07) is 11.1. The lowest BCUT2D eigenvalue weighted by molar-refractivity contribution is -0.121. The van der Waals surface area contributed by atoms with Gasteiger partial charge in [-0.3, -0.25) is 9.69 Å². The summed E-state index contributed by atoms with van der Waals surface area (Å²) in [6.45, 7) is 4.30. The predicted octanol–water partition coefficient (Wildman–Crippen LogP) is 5.81. The molecular weight excluding hydrogens is 391 g/mol. The topological polar surface area (TPSA) is 32.3 Å². The molecule has 0 saturated carbocycles. The Morgan fingerprint density at radius 1 is 1.19 bits per heavy atom. The molecule has 1 fully saturated rings. The van der Waals surface area contributed by atoms with Crippen molar-refractivity contribution in [3.05, 3.63) is 62.6 Å². The highest BCUT2D eigenvalue weighted by Gasteiger charge is 2.26. The van der Waals surface area contributed by atoms with Gasteiger partial charge >= 0.3 is 0 Å². The molecule has 6 heteroatoms. The first-order chi connectivity index (χ1) is 12.4. The third kappa shape index (κ3) is 4.72. The van der Waals surface area contributed by atoms with Crippen molar-refractivity contribution in [2.24, 2.45) is 5.92 Å². The number of likely N-dealkylation sites (tertiary alicyclic amines) is 1. The smallest absolute Gasteiger partial charge is 0.228 e. The van der Waals surface area contributed by atoms with E-state index in [0.29, 0.717) is 21.6 Å². The number of nitrogens with zero attached hydrogens (tertiary/aromatic N) is 1. The van der Waals surface area contributed by atoms with Crippen LogP contribution in [0.2, 0.25) is 15.1 Å². The fourth-order valence-electron chi connectivity index (χ4n) is 3.28. The Bertz CT molecular complexity index is 810. The molecule has 1 aliphatic heterocycles. The summed E-state index contributed by atoms with van der Waals surface area (Å²) in [7, 11) is 0. The van der Waals surface area contributed by atoms with Crippen molar-refractivity contribution in [1.29, 1.82) is 0 Å². The Hall–Kier alpha value is -1.26. The molecule has 1 saturated heterocycles. The maximum atomic E-state index is 12.7. The van der Waals surface area contributed by atoms with Crippen LogP contribution in [0.3, 0.4) is 0 Å². The van der Waals surface area contributed by atoms with Crippen LogP contribution in [0.1, 0.15) is 24.0 Å². The normalized spacial score (nSPS) is 17.9. The van der Waals surface area contributed by atoms with Gasteiger partial charge in [-0.2, -0.15) is 0 Å². The number of piperidine rings is 1. The monoisotopic (exact) mass is 410 g/mol. The average Bonchev–Trinajstić information content (AvgIpc) is 2.61. The van der Waals surface area contributed by atoms with E-state index in [1.807, 2.05) is 37.3 Å². The van der Waals surface area contributed by atoms with Gasteiger partial charge in [0.15, 0.2) is 0 Å². The van der Waals surface area contributed by atoms with Gasteiger partial charge in [-0.05, 0) is 61.7 Å². The van der Waals surface area contributed by atoms with Gasteiger partial charge in [-0.25, -0.2) is 0 Å². The van der Waals surface area contributed by atoms with Crippen molar-refractivity contribution in [2.45, 2.75) is 26.3 Å². The van der Waals surface area contributed by atoms with Crippen LogP contribution in [0.25, 0.3) is 0 Å². The van der Waals surface area contributed by atoms with E-state index in [1.165, 1.54) is 0 Å². The Morgan fingerprint density at radius 2 is 2.00 bits per heavy atom.